The van der Waals surface area contributed by atoms with Crippen molar-refractivity contribution >= 4 is 5.96 Å². The first kappa shape index (κ1) is 16.7. The van der Waals surface area contributed by atoms with Crippen molar-refractivity contribution in [3.63, 3.8) is 0 Å². The van der Waals surface area contributed by atoms with E-state index in [1.165, 1.54) is 25.7 Å². The number of rotatable bonds is 6. The second-order valence-electron chi connectivity index (χ2n) is 6.13. The molecule has 0 saturated heterocycles. The molecule has 0 atom stereocenters. The Kier molecular flexibility index (Phi) is 6.56. The maximum Gasteiger partial charge on any atom is 0.191 e. The molecule has 0 heterocycles. The molecule has 1 aliphatic carbocycles. The largest absolute Gasteiger partial charge is 0.490 e. The van der Waals surface area contributed by atoms with Gasteiger partial charge in [0.25, 0.3) is 0 Å². The summed E-state index contributed by atoms with van der Waals surface area (Å²) in [5.74, 6) is 1.84. The number of ether oxygens (including phenoxy) is 1. The van der Waals surface area contributed by atoms with Gasteiger partial charge in [0.1, 0.15) is 5.75 Å². The molecule has 1 aromatic carbocycles. The topological polar surface area (TPSA) is 45.7 Å². The highest BCUT2D eigenvalue weighted by Gasteiger charge is 2.17. The van der Waals surface area contributed by atoms with E-state index in [-0.39, 0.29) is 0 Å². The van der Waals surface area contributed by atoms with E-state index in [1.54, 1.807) is 0 Å². The van der Waals surface area contributed by atoms with E-state index in [4.69, 9.17) is 4.74 Å². The number of aliphatic imine (C=N–C) groups is 1. The van der Waals surface area contributed by atoms with Crippen molar-refractivity contribution in [2.75, 3.05) is 6.54 Å². The molecule has 22 heavy (non-hydrogen) atoms. The van der Waals surface area contributed by atoms with Gasteiger partial charge in [0.15, 0.2) is 5.96 Å². The Bertz CT molecular complexity index is 479. The number of para-hydroxylation sites is 1. The van der Waals surface area contributed by atoms with E-state index < -0.39 is 0 Å². The molecule has 0 spiro atoms. The fourth-order valence-electron chi connectivity index (χ4n) is 2.69. The molecule has 1 aliphatic rings. The maximum absolute atomic E-state index is 6.17. The van der Waals surface area contributed by atoms with Gasteiger partial charge in [-0.15, -0.1) is 0 Å². The van der Waals surface area contributed by atoms with Crippen LogP contribution < -0.4 is 15.4 Å². The van der Waals surface area contributed by atoms with Crippen LogP contribution in [-0.2, 0) is 6.54 Å². The van der Waals surface area contributed by atoms with E-state index >= 15 is 0 Å². The van der Waals surface area contributed by atoms with Crippen molar-refractivity contribution in [3.8, 4) is 5.75 Å². The standard InChI is InChI=1S/C18H29N3O/c1-4-19-18(21-14(2)3)20-13-15-9-5-8-12-17(15)22-16-10-6-7-11-16/h5,8-9,12,14,16H,4,6-7,10-11,13H2,1-3H3,(H2,19,20,21). The molecule has 1 aromatic rings. The van der Waals surface area contributed by atoms with Crippen LogP contribution in [0.3, 0.4) is 0 Å². The van der Waals surface area contributed by atoms with Crippen molar-refractivity contribution in [2.24, 2.45) is 4.99 Å². The third-order valence-corrected chi connectivity index (χ3v) is 3.75. The average Bonchev–Trinajstić information content (AvgIpc) is 2.99. The monoisotopic (exact) mass is 303 g/mol. The van der Waals surface area contributed by atoms with Crippen LogP contribution in [0.15, 0.2) is 29.3 Å². The maximum atomic E-state index is 6.17. The summed E-state index contributed by atoms with van der Waals surface area (Å²) in [6, 6.07) is 8.62. The number of benzene rings is 1. The van der Waals surface area contributed by atoms with Gasteiger partial charge in [0.05, 0.1) is 12.6 Å². The lowest BCUT2D eigenvalue weighted by Crippen LogP contribution is -2.41. The summed E-state index contributed by atoms with van der Waals surface area (Å²) in [7, 11) is 0. The van der Waals surface area contributed by atoms with E-state index in [0.717, 1.165) is 23.8 Å². The lowest BCUT2D eigenvalue weighted by molar-refractivity contribution is 0.208. The van der Waals surface area contributed by atoms with Gasteiger partial charge in [-0.3, -0.25) is 0 Å². The van der Waals surface area contributed by atoms with E-state index in [0.29, 0.717) is 18.7 Å². The normalized spacial score (nSPS) is 16.1. The first-order valence-electron chi connectivity index (χ1n) is 8.48. The van der Waals surface area contributed by atoms with Gasteiger partial charge in [-0.05, 0) is 52.5 Å². The Hall–Kier alpha value is -1.71. The summed E-state index contributed by atoms with van der Waals surface area (Å²) in [6.45, 7) is 7.80. The smallest absolute Gasteiger partial charge is 0.191 e. The molecule has 0 radical (unpaired) electrons. The highest BCUT2D eigenvalue weighted by molar-refractivity contribution is 5.80. The molecule has 2 N–H and O–H groups in total. The summed E-state index contributed by atoms with van der Waals surface area (Å²) in [4.78, 5) is 4.67. The molecule has 1 fully saturated rings. The minimum absolute atomic E-state index is 0.364. The zero-order valence-corrected chi connectivity index (χ0v) is 14.1. The molecule has 0 aliphatic heterocycles. The first-order valence-corrected chi connectivity index (χ1v) is 8.48. The number of nitrogens with zero attached hydrogens (tertiary/aromatic N) is 1. The lowest BCUT2D eigenvalue weighted by atomic mass is 10.2. The van der Waals surface area contributed by atoms with Crippen LogP contribution in [0.2, 0.25) is 0 Å². The molecule has 2 rings (SSSR count). The van der Waals surface area contributed by atoms with Crippen LogP contribution in [0.1, 0.15) is 52.0 Å². The van der Waals surface area contributed by atoms with Crippen molar-refractivity contribution < 1.29 is 4.74 Å². The molecular formula is C18H29N3O. The molecule has 4 nitrogen and oxygen atoms in total. The van der Waals surface area contributed by atoms with Gasteiger partial charge < -0.3 is 15.4 Å². The van der Waals surface area contributed by atoms with Gasteiger partial charge in [-0.2, -0.15) is 0 Å². The van der Waals surface area contributed by atoms with Crippen LogP contribution in [0, 0.1) is 0 Å². The summed E-state index contributed by atoms with van der Waals surface area (Å²) in [6.07, 6.45) is 5.30. The number of guanidine groups is 1. The molecule has 0 bridgehead atoms. The third-order valence-electron chi connectivity index (χ3n) is 3.75. The minimum Gasteiger partial charge on any atom is -0.490 e. The van der Waals surface area contributed by atoms with Gasteiger partial charge in [-0.1, -0.05) is 18.2 Å². The second-order valence-corrected chi connectivity index (χ2v) is 6.13. The number of hydrogen-bond acceptors (Lipinski definition) is 2. The predicted molar refractivity (Wildman–Crippen MR) is 92.4 cm³/mol. The number of hydrogen-bond donors (Lipinski definition) is 2. The molecule has 0 aromatic heterocycles. The van der Waals surface area contributed by atoms with Crippen molar-refractivity contribution in [1.82, 2.24) is 10.6 Å². The van der Waals surface area contributed by atoms with Gasteiger partial charge in [0.2, 0.25) is 0 Å². The molecule has 122 valence electrons. The Morgan fingerprint density at radius 2 is 2.00 bits per heavy atom. The van der Waals surface area contributed by atoms with Crippen LogP contribution in [0.5, 0.6) is 5.75 Å². The molecule has 4 heteroatoms. The Labute approximate surface area is 134 Å². The molecule has 0 amide bonds. The van der Waals surface area contributed by atoms with E-state index in [2.05, 4.69) is 54.6 Å². The highest BCUT2D eigenvalue weighted by atomic mass is 16.5. The van der Waals surface area contributed by atoms with Gasteiger partial charge in [0, 0.05) is 18.2 Å². The summed E-state index contributed by atoms with van der Waals surface area (Å²) < 4.78 is 6.17. The highest BCUT2D eigenvalue weighted by Crippen LogP contribution is 2.26. The van der Waals surface area contributed by atoms with Crippen molar-refractivity contribution in [2.45, 2.75) is 65.1 Å². The summed E-state index contributed by atoms with van der Waals surface area (Å²) >= 11 is 0. The molecular weight excluding hydrogens is 274 g/mol. The fourth-order valence-corrected chi connectivity index (χ4v) is 2.69. The number of nitrogens with one attached hydrogen (secondary N) is 2. The average molecular weight is 303 g/mol. The predicted octanol–water partition coefficient (Wildman–Crippen LogP) is 3.47. The zero-order valence-electron chi connectivity index (χ0n) is 14.1. The Balaban J connectivity index is 2.03. The Morgan fingerprint density at radius 1 is 1.27 bits per heavy atom. The third kappa shape index (κ3) is 5.24. The van der Waals surface area contributed by atoms with Crippen molar-refractivity contribution in [3.05, 3.63) is 29.8 Å². The quantitative estimate of drug-likeness (QED) is 0.625. The molecule has 1 saturated carbocycles. The van der Waals surface area contributed by atoms with Crippen LogP contribution in [-0.4, -0.2) is 24.7 Å². The molecule has 0 unspecified atom stereocenters. The first-order chi connectivity index (χ1) is 10.7. The Morgan fingerprint density at radius 3 is 2.68 bits per heavy atom. The summed E-state index contributed by atoms with van der Waals surface area (Å²) in [5, 5.41) is 6.62. The minimum atomic E-state index is 0.364. The zero-order chi connectivity index (χ0) is 15.8. The van der Waals surface area contributed by atoms with E-state index in [1.807, 2.05) is 6.07 Å². The van der Waals surface area contributed by atoms with Crippen LogP contribution in [0.25, 0.3) is 0 Å². The lowest BCUT2D eigenvalue weighted by Gasteiger charge is -2.17. The SMILES string of the molecule is CCNC(=NCc1ccccc1OC1CCCC1)NC(C)C. The van der Waals surface area contributed by atoms with Gasteiger partial charge >= 0.3 is 0 Å². The van der Waals surface area contributed by atoms with Gasteiger partial charge in [-0.25, -0.2) is 4.99 Å². The van der Waals surface area contributed by atoms with E-state index in [9.17, 15) is 0 Å². The second kappa shape index (κ2) is 8.66. The summed E-state index contributed by atoms with van der Waals surface area (Å²) in [5.41, 5.74) is 1.15. The van der Waals surface area contributed by atoms with Crippen LogP contribution in [0.4, 0.5) is 0 Å². The van der Waals surface area contributed by atoms with Crippen LogP contribution >= 0.6 is 0 Å². The fraction of sp³-hybridized carbons (Fsp3) is 0.611. The van der Waals surface area contributed by atoms with Crippen molar-refractivity contribution in [1.29, 1.82) is 0 Å².